The Morgan fingerprint density at radius 1 is 0.885 bits per heavy atom. The summed E-state index contributed by atoms with van der Waals surface area (Å²) in [4.78, 5) is 8.44. The Morgan fingerprint density at radius 2 is 1.54 bits per heavy atom. The molecule has 0 radical (unpaired) electrons. The molecule has 0 saturated carbocycles. The molecule has 26 heavy (non-hydrogen) atoms. The van der Waals surface area contributed by atoms with Crippen LogP contribution in [0.5, 0.6) is 0 Å². The van der Waals surface area contributed by atoms with Crippen molar-refractivity contribution in [3.63, 3.8) is 0 Å². The van der Waals surface area contributed by atoms with Crippen molar-refractivity contribution in [1.29, 1.82) is 0 Å². The number of hydrogen-bond donors (Lipinski definition) is 1. The molecule has 0 bridgehead atoms. The van der Waals surface area contributed by atoms with Gasteiger partial charge in [0.1, 0.15) is 5.82 Å². The number of benzene rings is 2. The van der Waals surface area contributed by atoms with Gasteiger partial charge in [0.05, 0.1) is 24.6 Å². The standard InChI is InChI=1S/C22H24N2O2/c1-3-9-17(10-4-1)21-22(18-11-5-2-6-12-18)24-19(23-21)13-7-14-20-25-15-8-16-26-20/h1-6,9-12,20H,7-8,13-16H2,(H,23,24). The van der Waals surface area contributed by atoms with Crippen molar-refractivity contribution in [1.82, 2.24) is 9.97 Å². The average Bonchev–Trinajstić information content (AvgIpc) is 3.14. The minimum absolute atomic E-state index is 0.0547. The largest absolute Gasteiger partial charge is 0.353 e. The molecule has 0 spiro atoms. The zero-order valence-electron chi connectivity index (χ0n) is 14.9. The molecule has 2 heterocycles. The molecule has 3 aromatic rings. The number of aryl methyl sites for hydroxylation is 1. The highest BCUT2D eigenvalue weighted by Gasteiger charge is 2.16. The van der Waals surface area contributed by atoms with Crippen LogP contribution in [0.25, 0.3) is 22.5 Å². The van der Waals surface area contributed by atoms with Crippen molar-refractivity contribution in [2.24, 2.45) is 0 Å². The number of ether oxygens (including phenoxy) is 2. The predicted molar refractivity (Wildman–Crippen MR) is 103 cm³/mol. The fraction of sp³-hybridized carbons (Fsp3) is 0.318. The highest BCUT2D eigenvalue weighted by molar-refractivity contribution is 5.78. The Morgan fingerprint density at radius 3 is 2.23 bits per heavy atom. The lowest BCUT2D eigenvalue weighted by atomic mass is 10.1. The number of aromatic nitrogens is 2. The van der Waals surface area contributed by atoms with Gasteiger partial charge in [0, 0.05) is 17.5 Å². The SMILES string of the molecule is c1ccc(-c2nc(CCCC3OCCCO3)[nH]c2-c2ccccc2)cc1. The third kappa shape index (κ3) is 4.03. The molecule has 4 nitrogen and oxygen atoms in total. The lowest BCUT2D eigenvalue weighted by molar-refractivity contribution is -0.181. The van der Waals surface area contributed by atoms with E-state index in [1.165, 1.54) is 0 Å². The molecule has 1 saturated heterocycles. The van der Waals surface area contributed by atoms with E-state index in [4.69, 9.17) is 14.5 Å². The van der Waals surface area contributed by atoms with Gasteiger partial charge in [-0.15, -0.1) is 0 Å². The van der Waals surface area contributed by atoms with Crippen LogP contribution in [0.15, 0.2) is 60.7 Å². The zero-order chi connectivity index (χ0) is 17.6. The van der Waals surface area contributed by atoms with Gasteiger partial charge in [-0.1, -0.05) is 60.7 Å². The Kier molecular flexibility index (Phi) is 5.43. The van der Waals surface area contributed by atoms with Gasteiger partial charge < -0.3 is 14.5 Å². The first-order valence-electron chi connectivity index (χ1n) is 9.33. The van der Waals surface area contributed by atoms with Gasteiger partial charge >= 0.3 is 0 Å². The quantitative estimate of drug-likeness (QED) is 0.694. The van der Waals surface area contributed by atoms with Crippen LogP contribution in [0.2, 0.25) is 0 Å². The van der Waals surface area contributed by atoms with Crippen LogP contribution in [0, 0.1) is 0 Å². The number of rotatable bonds is 6. The molecule has 1 aliphatic rings. The monoisotopic (exact) mass is 348 g/mol. The summed E-state index contributed by atoms with van der Waals surface area (Å²) in [5.74, 6) is 1.01. The summed E-state index contributed by atoms with van der Waals surface area (Å²) < 4.78 is 11.3. The van der Waals surface area contributed by atoms with Gasteiger partial charge in [-0.3, -0.25) is 0 Å². The average molecular weight is 348 g/mol. The van der Waals surface area contributed by atoms with Crippen molar-refractivity contribution in [2.45, 2.75) is 32.0 Å². The number of nitrogens with zero attached hydrogens (tertiary/aromatic N) is 1. The minimum atomic E-state index is -0.0547. The smallest absolute Gasteiger partial charge is 0.157 e. The third-order valence-electron chi connectivity index (χ3n) is 4.61. The predicted octanol–water partition coefficient (Wildman–Crippen LogP) is 4.83. The zero-order valence-corrected chi connectivity index (χ0v) is 14.9. The summed E-state index contributed by atoms with van der Waals surface area (Å²) in [5, 5.41) is 0. The van der Waals surface area contributed by atoms with Crippen LogP contribution in [-0.4, -0.2) is 29.5 Å². The van der Waals surface area contributed by atoms with E-state index in [0.717, 1.165) is 67.2 Å². The molecule has 1 N–H and O–H groups in total. The minimum Gasteiger partial charge on any atom is -0.353 e. The van der Waals surface area contributed by atoms with Gasteiger partial charge in [0.25, 0.3) is 0 Å². The molecule has 1 aliphatic heterocycles. The van der Waals surface area contributed by atoms with Crippen LogP contribution in [0.3, 0.4) is 0 Å². The maximum atomic E-state index is 5.63. The van der Waals surface area contributed by atoms with E-state index < -0.39 is 0 Å². The molecule has 134 valence electrons. The van der Waals surface area contributed by atoms with E-state index in [0.29, 0.717) is 0 Å². The Balaban J connectivity index is 1.53. The number of hydrogen-bond acceptors (Lipinski definition) is 3. The first kappa shape index (κ1) is 17.0. The van der Waals surface area contributed by atoms with Crippen LogP contribution < -0.4 is 0 Å². The Labute approximate surface area is 154 Å². The van der Waals surface area contributed by atoms with E-state index in [1.54, 1.807) is 0 Å². The second-order valence-electron chi connectivity index (χ2n) is 6.56. The van der Waals surface area contributed by atoms with Crippen molar-refractivity contribution < 1.29 is 9.47 Å². The molecular formula is C22H24N2O2. The summed E-state index contributed by atoms with van der Waals surface area (Å²) in [7, 11) is 0. The summed E-state index contributed by atoms with van der Waals surface area (Å²) in [6, 6.07) is 20.7. The Bertz CT molecular complexity index is 752. The summed E-state index contributed by atoms with van der Waals surface area (Å²) in [6.45, 7) is 1.61. The lowest BCUT2D eigenvalue weighted by Gasteiger charge is -2.22. The van der Waals surface area contributed by atoms with Crippen molar-refractivity contribution >= 4 is 0 Å². The maximum Gasteiger partial charge on any atom is 0.157 e. The number of nitrogens with one attached hydrogen (secondary N) is 1. The van der Waals surface area contributed by atoms with E-state index in [2.05, 4.69) is 53.5 Å². The number of imidazole rings is 1. The fourth-order valence-corrected chi connectivity index (χ4v) is 3.30. The van der Waals surface area contributed by atoms with E-state index in [9.17, 15) is 0 Å². The highest BCUT2D eigenvalue weighted by atomic mass is 16.7. The highest BCUT2D eigenvalue weighted by Crippen LogP contribution is 2.30. The van der Waals surface area contributed by atoms with Crippen LogP contribution >= 0.6 is 0 Å². The van der Waals surface area contributed by atoms with Crippen LogP contribution in [0.4, 0.5) is 0 Å². The topological polar surface area (TPSA) is 47.1 Å². The van der Waals surface area contributed by atoms with Gasteiger partial charge in [0.2, 0.25) is 0 Å². The van der Waals surface area contributed by atoms with Crippen molar-refractivity contribution in [3.8, 4) is 22.5 Å². The molecule has 0 aliphatic carbocycles. The Hall–Kier alpha value is -2.43. The molecular weight excluding hydrogens is 324 g/mol. The first-order valence-corrected chi connectivity index (χ1v) is 9.33. The normalized spacial score (nSPS) is 15.2. The van der Waals surface area contributed by atoms with Gasteiger partial charge in [-0.2, -0.15) is 0 Å². The van der Waals surface area contributed by atoms with E-state index in [1.807, 2.05) is 12.1 Å². The second kappa shape index (κ2) is 8.30. The second-order valence-corrected chi connectivity index (χ2v) is 6.56. The molecule has 2 aromatic carbocycles. The van der Waals surface area contributed by atoms with Crippen molar-refractivity contribution in [3.05, 3.63) is 66.5 Å². The number of H-pyrrole nitrogens is 1. The van der Waals surface area contributed by atoms with Crippen LogP contribution in [-0.2, 0) is 15.9 Å². The number of aromatic amines is 1. The summed E-state index contributed by atoms with van der Waals surface area (Å²) in [6.07, 6.45) is 3.72. The summed E-state index contributed by atoms with van der Waals surface area (Å²) in [5.41, 5.74) is 4.38. The molecule has 0 unspecified atom stereocenters. The molecule has 0 atom stereocenters. The van der Waals surface area contributed by atoms with Crippen molar-refractivity contribution in [2.75, 3.05) is 13.2 Å². The van der Waals surface area contributed by atoms with Gasteiger partial charge in [0.15, 0.2) is 6.29 Å². The first-order chi connectivity index (χ1) is 12.9. The maximum absolute atomic E-state index is 5.63. The fourth-order valence-electron chi connectivity index (χ4n) is 3.30. The van der Waals surface area contributed by atoms with E-state index >= 15 is 0 Å². The molecule has 0 amide bonds. The summed E-state index contributed by atoms with van der Waals surface area (Å²) >= 11 is 0. The third-order valence-corrected chi connectivity index (χ3v) is 4.61. The van der Waals surface area contributed by atoms with Gasteiger partial charge in [-0.05, 0) is 19.3 Å². The molecule has 1 fully saturated rings. The van der Waals surface area contributed by atoms with Crippen LogP contribution in [0.1, 0.15) is 25.1 Å². The molecule has 1 aromatic heterocycles. The van der Waals surface area contributed by atoms with Gasteiger partial charge in [-0.25, -0.2) is 4.98 Å². The van der Waals surface area contributed by atoms with E-state index in [-0.39, 0.29) is 6.29 Å². The lowest BCUT2D eigenvalue weighted by Crippen LogP contribution is -2.24. The molecule has 4 heteroatoms. The molecule has 4 rings (SSSR count).